The first-order valence-electron chi connectivity index (χ1n) is 9.09. The third kappa shape index (κ3) is 6.96. The molecule has 22 heteroatoms. The number of ether oxygens (including phenoxy) is 4. The van der Waals surface area contributed by atoms with Crippen molar-refractivity contribution in [3.63, 3.8) is 0 Å². The van der Waals surface area contributed by atoms with Gasteiger partial charge in [0.1, 0.15) is 42.7 Å². The number of rotatable bonds is 9. The minimum atomic E-state index is -5.12. The summed E-state index contributed by atoms with van der Waals surface area (Å²) in [5.41, 5.74) is 0. The molecular formula is C12H21NO18S3. The Morgan fingerprint density at radius 2 is 1.50 bits per heavy atom. The Morgan fingerprint density at radius 3 is 2.06 bits per heavy atom. The van der Waals surface area contributed by atoms with Crippen LogP contribution in [0.15, 0.2) is 0 Å². The summed E-state index contributed by atoms with van der Waals surface area (Å²) in [6.07, 6.45) is -16.0. The maximum atomic E-state index is 11.3. The van der Waals surface area contributed by atoms with Gasteiger partial charge in [0.25, 0.3) is 0 Å². The Labute approximate surface area is 192 Å². The van der Waals surface area contributed by atoms with Crippen LogP contribution in [0.5, 0.6) is 0 Å². The molecule has 3 fully saturated rings. The number of hydrogen-bond donors (Lipinski definition) is 7. The maximum Gasteiger partial charge on any atom is 0.397 e. The molecule has 3 aliphatic heterocycles. The molecule has 3 saturated heterocycles. The number of aliphatic hydroxyl groups excluding tert-OH is 3. The van der Waals surface area contributed by atoms with Crippen LogP contribution in [-0.4, -0.2) is 129 Å². The minimum Gasteiger partial charge on any atom is -0.388 e. The fraction of sp³-hybridized carbons (Fsp3) is 1.00. The summed E-state index contributed by atoms with van der Waals surface area (Å²) in [4.78, 5) is 0. The van der Waals surface area contributed by atoms with E-state index in [-0.39, 0.29) is 6.61 Å². The number of fused-ring (bicyclic) bond motifs is 2. The van der Waals surface area contributed by atoms with Crippen molar-refractivity contribution in [1.29, 1.82) is 0 Å². The van der Waals surface area contributed by atoms with E-state index in [1.54, 1.807) is 0 Å². The van der Waals surface area contributed by atoms with E-state index in [0.717, 1.165) is 0 Å². The van der Waals surface area contributed by atoms with Gasteiger partial charge in [-0.2, -0.15) is 30.0 Å². The van der Waals surface area contributed by atoms with Gasteiger partial charge in [0.15, 0.2) is 18.7 Å². The average Bonchev–Trinajstić information content (AvgIpc) is 3.10. The van der Waals surface area contributed by atoms with Gasteiger partial charge in [0.05, 0.1) is 13.2 Å². The molecule has 200 valence electrons. The van der Waals surface area contributed by atoms with Crippen LogP contribution in [0.4, 0.5) is 0 Å². The van der Waals surface area contributed by atoms with Crippen molar-refractivity contribution in [3.8, 4) is 0 Å². The maximum absolute atomic E-state index is 11.3. The molecule has 0 saturated carbocycles. The Kier molecular flexibility index (Phi) is 8.21. The van der Waals surface area contributed by atoms with Crippen molar-refractivity contribution in [2.24, 2.45) is 0 Å². The van der Waals surface area contributed by atoms with E-state index >= 15 is 0 Å². The quantitative estimate of drug-likeness (QED) is 0.129. The summed E-state index contributed by atoms with van der Waals surface area (Å²) in [7, 11) is -15.2. The summed E-state index contributed by atoms with van der Waals surface area (Å²) in [5, 5.41) is 31.0. The fourth-order valence-electron chi connectivity index (χ4n) is 3.55. The summed E-state index contributed by atoms with van der Waals surface area (Å²) >= 11 is 0. The van der Waals surface area contributed by atoms with Crippen molar-refractivity contribution in [2.45, 2.75) is 61.3 Å². The third-order valence-corrected chi connectivity index (χ3v) is 6.40. The molecule has 3 rings (SSSR count). The molecule has 0 unspecified atom stereocenters. The second-order valence-electron chi connectivity index (χ2n) is 7.31. The molecule has 0 aliphatic carbocycles. The molecule has 19 nitrogen and oxygen atoms in total. The topological polar surface area (TPSA) is 291 Å². The SMILES string of the molecule is O=S(=O)(O)N[C@H]1[C@@H](O[C@H]2[C@H](O)[C@@H](OS(=O)(=O)O)[C@H]3OC[C@@H]2O3)O[C@H](COS(=O)(=O)O)[C@@H](O)[C@@H]1O. The normalized spacial score (nSPS) is 41.5. The monoisotopic (exact) mass is 563 g/mol. The van der Waals surface area contributed by atoms with Crippen molar-refractivity contribution >= 4 is 31.1 Å². The lowest BCUT2D eigenvalue weighted by Gasteiger charge is -2.45. The zero-order valence-corrected chi connectivity index (χ0v) is 18.9. The lowest BCUT2D eigenvalue weighted by molar-refractivity contribution is -0.313. The van der Waals surface area contributed by atoms with E-state index in [1.807, 2.05) is 0 Å². The highest BCUT2D eigenvalue weighted by molar-refractivity contribution is 7.83. The smallest absolute Gasteiger partial charge is 0.388 e. The number of nitrogens with one attached hydrogen (secondary N) is 1. The van der Waals surface area contributed by atoms with Crippen molar-refractivity contribution in [2.75, 3.05) is 13.2 Å². The van der Waals surface area contributed by atoms with Crippen LogP contribution >= 0.6 is 0 Å². The van der Waals surface area contributed by atoms with E-state index in [4.69, 9.17) is 32.6 Å². The Morgan fingerprint density at radius 1 is 0.853 bits per heavy atom. The summed E-state index contributed by atoms with van der Waals surface area (Å²) in [6.45, 7) is -1.41. The van der Waals surface area contributed by atoms with Gasteiger partial charge in [-0.05, 0) is 0 Å². The largest absolute Gasteiger partial charge is 0.397 e. The Bertz CT molecular complexity index is 1040. The van der Waals surface area contributed by atoms with Gasteiger partial charge in [-0.15, -0.1) is 0 Å². The summed E-state index contributed by atoms with van der Waals surface area (Å²) in [5.74, 6) is 0. The predicted octanol–water partition coefficient (Wildman–Crippen LogP) is -5.30. The van der Waals surface area contributed by atoms with Gasteiger partial charge in [-0.3, -0.25) is 13.7 Å². The van der Waals surface area contributed by atoms with Crippen LogP contribution in [0, 0.1) is 0 Å². The average molecular weight is 563 g/mol. The van der Waals surface area contributed by atoms with Crippen LogP contribution in [-0.2, 0) is 58.4 Å². The van der Waals surface area contributed by atoms with E-state index in [9.17, 15) is 40.6 Å². The molecule has 34 heavy (non-hydrogen) atoms. The molecule has 0 radical (unpaired) electrons. The molecule has 0 aromatic carbocycles. The summed E-state index contributed by atoms with van der Waals surface area (Å²) < 4.78 is 124. The minimum absolute atomic E-state index is 0.318. The highest BCUT2D eigenvalue weighted by Gasteiger charge is 2.56. The lowest BCUT2D eigenvalue weighted by atomic mass is 9.96. The Hall–Kier alpha value is -0.670. The van der Waals surface area contributed by atoms with Gasteiger partial charge in [0, 0.05) is 0 Å². The van der Waals surface area contributed by atoms with Gasteiger partial charge in [-0.25, -0.2) is 8.37 Å². The fourth-order valence-corrected chi connectivity index (χ4v) is 4.94. The van der Waals surface area contributed by atoms with Crippen LogP contribution in [0.2, 0.25) is 0 Å². The van der Waals surface area contributed by atoms with Crippen LogP contribution in [0.1, 0.15) is 0 Å². The zero-order chi connectivity index (χ0) is 25.6. The van der Waals surface area contributed by atoms with Gasteiger partial charge < -0.3 is 34.3 Å². The lowest BCUT2D eigenvalue weighted by Crippen LogP contribution is -2.67. The third-order valence-electron chi connectivity index (χ3n) is 4.93. The molecule has 10 atom stereocenters. The second-order valence-corrected chi connectivity index (χ2v) is 10.6. The van der Waals surface area contributed by atoms with Crippen molar-refractivity contribution in [1.82, 2.24) is 4.72 Å². The highest BCUT2D eigenvalue weighted by atomic mass is 32.3. The molecular weight excluding hydrogens is 542 g/mol. The van der Waals surface area contributed by atoms with E-state index in [1.165, 1.54) is 4.72 Å². The number of aliphatic hydroxyl groups is 3. The molecule has 2 bridgehead atoms. The van der Waals surface area contributed by atoms with Crippen LogP contribution in [0.25, 0.3) is 0 Å². The molecule has 0 aromatic rings. The highest BCUT2D eigenvalue weighted by Crippen LogP contribution is 2.35. The first-order valence-corrected chi connectivity index (χ1v) is 13.3. The molecule has 0 amide bonds. The predicted molar refractivity (Wildman–Crippen MR) is 98.6 cm³/mol. The van der Waals surface area contributed by atoms with Crippen molar-refractivity contribution in [3.05, 3.63) is 0 Å². The molecule has 0 spiro atoms. The second kappa shape index (κ2) is 10.0. The van der Waals surface area contributed by atoms with Gasteiger partial charge in [-0.1, -0.05) is 0 Å². The van der Waals surface area contributed by atoms with E-state index < -0.39 is 99.1 Å². The van der Waals surface area contributed by atoms with Gasteiger partial charge in [0.2, 0.25) is 0 Å². The standard InChI is InChI=1S/C12H21NO18S3/c14-6-3(2-27-33(20,21)22)28-11(5(7(6)15)13-32(17,18)19)30-9-4-1-26-12(29-4)10(8(9)16)31-34(23,24)25/h3-16H,1-2H2,(H,17,18,19)(H,20,21,22)(H,23,24,25)/t3-,4+,5-,6-,7-,8+,9-,10-,11-,12+/m1/s1. The number of hydrogen-bond acceptors (Lipinski definition) is 15. The Balaban J connectivity index is 1.86. The molecule has 7 N–H and O–H groups in total. The molecule has 3 aliphatic rings. The van der Waals surface area contributed by atoms with Gasteiger partial charge >= 0.3 is 31.1 Å². The first kappa shape index (κ1) is 27.9. The van der Waals surface area contributed by atoms with Crippen LogP contribution in [0.3, 0.4) is 0 Å². The first-order chi connectivity index (χ1) is 15.5. The van der Waals surface area contributed by atoms with E-state index in [2.05, 4.69) is 8.37 Å². The van der Waals surface area contributed by atoms with E-state index in [0.29, 0.717) is 0 Å². The molecule has 3 heterocycles. The summed E-state index contributed by atoms with van der Waals surface area (Å²) in [6, 6.07) is -1.99. The van der Waals surface area contributed by atoms with Crippen LogP contribution < -0.4 is 4.72 Å². The van der Waals surface area contributed by atoms with Crippen molar-refractivity contribution < 1.29 is 81.5 Å². The zero-order valence-electron chi connectivity index (χ0n) is 16.5. The molecule has 0 aromatic heterocycles.